The summed E-state index contributed by atoms with van der Waals surface area (Å²) in [4.78, 5) is 16.3. The minimum atomic E-state index is -0.201. The lowest BCUT2D eigenvalue weighted by Crippen LogP contribution is -2.14. The molecule has 8 heteroatoms. The first-order valence-corrected chi connectivity index (χ1v) is 6.58. The maximum atomic E-state index is 11.8. The molecule has 0 radical (unpaired) electrons. The first-order valence-electron chi connectivity index (χ1n) is 4.18. The van der Waals surface area contributed by atoms with Gasteiger partial charge >= 0.3 is 0 Å². The van der Waals surface area contributed by atoms with Gasteiger partial charge in [-0.05, 0) is 37.9 Å². The molecule has 2 rings (SSSR count). The van der Waals surface area contributed by atoms with Crippen LogP contribution >= 0.6 is 43.2 Å². The van der Waals surface area contributed by atoms with E-state index < -0.39 is 0 Å². The summed E-state index contributed by atoms with van der Waals surface area (Å²) in [6.45, 7) is 0. The topological polar surface area (TPSA) is 59.8 Å². The van der Waals surface area contributed by atoms with E-state index in [4.69, 9.17) is 0 Å². The predicted molar refractivity (Wildman–Crippen MR) is 68.7 cm³/mol. The summed E-state index contributed by atoms with van der Waals surface area (Å²) >= 11 is 8.01. The highest BCUT2D eigenvalue weighted by Gasteiger charge is 2.13. The van der Waals surface area contributed by atoms with Crippen LogP contribution in [0.2, 0.25) is 0 Å². The van der Waals surface area contributed by atoms with Gasteiger partial charge in [-0.25, -0.2) is 4.68 Å². The molecule has 0 spiro atoms. The summed E-state index contributed by atoms with van der Waals surface area (Å²) in [5, 5.41) is 6.53. The Balaban J connectivity index is 2.18. The van der Waals surface area contributed by atoms with Gasteiger partial charge in [0.1, 0.15) is 6.33 Å². The fraction of sp³-hybridized carbons (Fsp3) is 0.125. The molecule has 84 valence electrons. The van der Waals surface area contributed by atoms with Gasteiger partial charge in [0, 0.05) is 11.5 Å². The van der Waals surface area contributed by atoms with Gasteiger partial charge in [-0.3, -0.25) is 10.1 Å². The van der Waals surface area contributed by atoms with Crippen molar-refractivity contribution in [2.75, 3.05) is 5.32 Å². The van der Waals surface area contributed by atoms with E-state index >= 15 is 0 Å². The zero-order chi connectivity index (χ0) is 11.7. The van der Waals surface area contributed by atoms with E-state index in [-0.39, 0.29) is 5.91 Å². The number of thiophene rings is 1. The van der Waals surface area contributed by atoms with Gasteiger partial charge in [0.25, 0.3) is 5.91 Å². The minimum absolute atomic E-state index is 0.201. The second-order valence-electron chi connectivity index (χ2n) is 2.89. The molecule has 0 saturated heterocycles. The number of aromatic nitrogens is 3. The number of nitrogens with zero attached hydrogens (tertiary/aromatic N) is 3. The monoisotopic (exact) mass is 364 g/mol. The van der Waals surface area contributed by atoms with E-state index in [1.165, 1.54) is 22.3 Å². The van der Waals surface area contributed by atoms with Crippen molar-refractivity contribution in [2.45, 2.75) is 0 Å². The third-order valence-corrected chi connectivity index (χ3v) is 5.06. The summed E-state index contributed by atoms with van der Waals surface area (Å²) in [5.41, 5.74) is 0. The maximum Gasteiger partial charge on any atom is 0.268 e. The Bertz CT molecular complexity index is 516. The molecule has 1 N–H and O–H groups in total. The first-order chi connectivity index (χ1) is 7.58. The van der Waals surface area contributed by atoms with E-state index in [2.05, 4.69) is 47.3 Å². The summed E-state index contributed by atoms with van der Waals surface area (Å²) < 4.78 is 3.24. The van der Waals surface area contributed by atoms with Crippen molar-refractivity contribution in [2.24, 2.45) is 7.05 Å². The van der Waals surface area contributed by atoms with Crippen molar-refractivity contribution in [3.8, 4) is 0 Å². The molecule has 2 aromatic rings. The number of hydrogen-bond acceptors (Lipinski definition) is 4. The second-order valence-corrected chi connectivity index (χ2v) is 6.12. The van der Waals surface area contributed by atoms with Gasteiger partial charge in [0.15, 0.2) is 0 Å². The molecule has 0 atom stereocenters. The number of rotatable bonds is 2. The molecule has 16 heavy (non-hydrogen) atoms. The lowest BCUT2D eigenvalue weighted by Gasteiger charge is -2.00. The molecule has 0 aliphatic heterocycles. The number of nitrogens with one attached hydrogen (secondary N) is 1. The average molecular weight is 366 g/mol. The molecular formula is C8H6Br2N4OS. The van der Waals surface area contributed by atoms with Crippen molar-refractivity contribution in [3.63, 3.8) is 0 Å². The molecular weight excluding hydrogens is 360 g/mol. The highest BCUT2D eigenvalue weighted by Crippen LogP contribution is 2.32. The molecule has 2 heterocycles. The Hall–Kier alpha value is -0.730. The molecule has 1 amide bonds. The molecule has 0 saturated carbocycles. The molecule has 0 aromatic carbocycles. The molecule has 0 unspecified atom stereocenters. The highest BCUT2D eigenvalue weighted by molar-refractivity contribution is 9.13. The lowest BCUT2D eigenvalue weighted by molar-refractivity contribution is 0.102. The Kier molecular flexibility index (Phi) is 3.41. The van der Waals surface area contributed by atoms with Crippen LogP contribution in [0.25, 0.3) is 0 Å². The van der Waals surface area contributed by atoms with Gasteiger partial charge in [-0.1, -0.05) is 0 Å². The second kappa shape index (κ2) is 4.64. The van der Waals surface area contributed by atoms with E-state index in [1.807, 2.05) is 0 Å². The van der Waals surface area contributed by atoms with Crippen molar-refractivity contribution in [1.29, 1.82) is 0 Å². The molecule has 0 bridgehead atoms. The number of carbonyl (C=O) groups excluding carboxylic acids is 1. The van der Waals surface area contributed by atoms with Gasteiger partial charge in [0.05, 0.1) is 8.66 Å². The van der Waals surface area contributed by atoms with Crippen LogP contribution < -0.4 is 5.32 Å². The quantitative estimate of drug-likeness (QED) is 0.889. The van der Waals surface area contributed by atoms with Crippen LogP contribution in [0.15, 0.2) is 20.7 Å². The highest BCUT2D eigenvalue weighted by atomic mass is 79.9. The van der Waals surface area contributed by atoms with Crippen LogP contribution in [0.3, 0.4) is 0 Å². The molecule has 2 aromatic heterocycles. The Morgan fingerprint density at radius 3 is 2.81 bits per heavy atom. The van der Waals surface area contributed by atoms with Crippen LogP contribution in [0.1, 0.15) is 9.67 Å². The summed E-state index contributed by atoms with van der Waals surface area (Å²) in [7, 11) is 1.71. The van der Waals surface area contributed by atoms with Crippen LogP contribution in [-0.2, 0) is 7.05 Å². The van der Waals surface area contributed by atoms with E-state index in [9.17, 15) is 4.79 Å². The fourth-order valence-electron chi connectivity index (χ4n) is 1.03. The number of aryl methyl sites for hydroxylation is 1. The maximum absolute atomic E-state index is 11.8. The summed E-state index contributed by atoms with van der Waals surface area (Å²) in [6, 6.07) is 1.75. The standard InChI is InChI=1S/C8H6Br2N4OS/c1-14-8(11-3-12-14)13-7(15)5-2-4(9)6(10)16-5/h2-3H,1H3,(H,11,12,13,15). The Labute approximate surface area is 112 Å². The smallest absolute Gasteiger partial charge is 0.268 e. The number of halogens is 2. The Morgan fingerprint density at radius 2 is 2.31 bits per heavy atom. The van der Waals surface area contributed by atoms with Crippen molar-refractivity contribution in [1.82, 2.24) is 14.8 Å². The lowest BCUT2D eigenvalue weighted by atomic mass is 10.4. The molecule has 0 aliphatic rings. The van der Waals surface area contributed by atoms with Gasteiger partial charge in [0.2, 0.25) is 5.95 Å². The predicted octanol–water partition coefficient (Wildman–Crippen LogP) is 2.65. The molecule has 0 fully saturated rings. The normalized spacial score (nSPS) is 10.4. The third kappa shape index (κ3) is 2.33. The van der Waals surface area contributed by atoms with E-state index in [0.29, 0.717) is 10.8 Å². The number of hydrogen-bond donors (Lipinski definition) is 1. The van der Waals surface area contributed by atoms with Crippen molar-refractivity contribution in [3.05, 3.63) is 25.5 Å². The van der Waals surface area contributed by atoms with Crippen LogP contribution in [0.5, 0.6) is 0 Å². The Morgan fingerprint density at radius 1 is 1.56 bits per heavy atom. The number of carbonyl (C=O) groups is 1. The number of anilines is 1. The van der Waals surface area contributed by atoms with Gasteiger partial charge in [-0.15, -0.1) is 11.3 Å². The summed E-state index contributed by atoms with van der Waals surface area (Å²) in [6.07, 6.45) is 1.38. The average Bonchev–Trinajstić information content (AvgIpc) is 2.76. The molecule has 5 nitrogen and oxygen atoms in total. The fourth-order valence-corrected chi connectivity index (χ4v) is 2.96. The van der Waals surface area contributed by atoms with Crippen molar-refractivity contribution >= 4 is 55.1 Å². The van der Waals surface area contributed by atoms with Gasteiger partial charge in [-0.2, -0.15) is 10.1 Å². The molecule has 0 aliphatic carbocycles. The minimum Gasteiger partial charge on any atom is -0.290 e. The first kappa shape index (κ1) is 11.7. The zero-order valence-electron chi connectivity index (χ0n) is 8.07. The summed E-state index contributed by atoms with van der Waals surface area (Å²) in [5.74, 6) is 0.221. The largest absolute Gasteiger partial charge is 0.290 e. The van der Waals surface area contributed by atoms with Crippen LogP contribution in [0, 0.1) is 0 Å². The van der Waals surface area contributed by atoms with Crippen molar-refractivity contribution < 1.29 is 4.79 Å². The number of amides is 1. The zero-order valence-corrected chi connectivity index (χ0v) is 12.1. The SMILES string of the molecule is Cn1ncnc1NC(=O)c1cc(Br)c(Br)s1. The van der Waals surface area contributed by atoms with E-state index in [1.54, 1.807) is 13.1 Å². The third-order valence-electron chi connectivity index (χ3n) is 1.81. The van der Waals surface area contributed by atoms with Crippen LogP contribution in [-0.4, -0.2) is 20.7 Å². The van der Waals surface area contributed by atoms with Crippen LogP contribution in [0.4, 0.5) is 5.95 Å². The van der Waals surface area contributed by atoms with Gasteiger partial charge < -0.3 is 0 Å². The van der Waals surface area contributed by atoms with E-state index in [0.717, 1.165) is 8.26 Å².